The first kappa shape index (κ1) is 18.4. The molecule has 1 aromatic heterocycles. The van der Waals surface area contributed by atoms with Crippen molar-refractivity contribution in [1.82, 2.24) is 15.1 Å². The van der Waals surface area contributed by atoms with Crippen molar-refractivity contribution in [3.8, 4) is 0 Å². The highest BCUT2D eigenvalue weighted by Crippen LogP contribution is 2.29. The fourth-order valence-electron chi connectivity index (χ4n) is 2.59. The molecule has 3 aromatic rings. The Kier molecular flexibility index (Phi) is 4.85. The Balaban J connectivity index is 1.70. The van der Waals surface area contributed by atoms with Crippen LogP contribution in [0, 0.1) is 0 Å². The average molecular weight is 376 g/mol. The molecule has 0 aliphatic carbocycles. The Morgan fingerprint density at radius 2 is 1.70 bits per heavy atom. The minimum absolute atomic E-state index is 0.0428. The van der Waals surface area contributed by atoms with Crippen molar-refractivity contribution in [2.75, 3.05) is 5.32 Å². The summed E-state index contributed by atoms with van der Waals surface area (Å²) in [5.74, 6) is 0. The third-order valence-corrected chi connectivity index (χ3v) is 3.92. The van der Waals surface area contributed by atoms with Gasteiger partial charge in [-0.05, 0) is 30.3 Å². The largest absolute Gasteiger partial charge is 0.416 e. The third kappa shape index (κ3) is 4.08. The highest BCUT2D eigenvalue weighted by molar-refractivity contribution is 5.90. The number of aryl methyl sites for hydroxylation is 1. The SMILES string of the molecule is Cn1nc(CNC(=O)Nc2ccc(C(F)(F)F)cc2)c2ccccc2c1=O. The van der Waals surface area contributed by atoms with Crippen molar-refractivity contribution < 1.29 is 18.0 Å². The minimum Gasteiger partial charge on any atom is -0.332 e. The summed E-state index contributed by atoms with van der Waals surface area (Å²) in [6, 6.07) is 10.4. The number of aromatic nitrogens is 2. The molecule has 0 radical (unpaired) electrons. The topological polar surface area (TPSA) is 76.0 Å². The van der Waals surface area contributed by atoms with E-state index < -0.39 is 17.8 Å². The van der Waals surface area contributed by atoms with Crippen molar-refractivity contribution in [2.24, 2.45) is 7.05 Å². The average Bonchev–Trinajstić information content (AvgIpc) is 2.63. The van der Waals surface area contributed by atoms with Gasteiger partial charge in [0.2, 0.25) is 0 Å². The van der Waals surface area contributed by atoms with Crippen LogP contribution in [0.4, 0.5) is 23.7 Å². The summed E-state index contributed by atoms with van der Waals surface area (Å²) in [6.07, 6.45) is -4.43. The van der Waals surface area contributed by atoms with Crippen molar-refractivity contribution in [1.29, 1.82) is 0 Å². The van der Waals surface area contributed by atoms with E-state index in [0.29, 0.717) is 16.5 Å². The van der Waals surface area contributed by atoms with Gasteiger partial charge >= 0.3 is 12.2 Å². The van der Waals surface area contributed by atoms with E-state index in [1.165, 1.54) is 23.9 Å². The molecule has 0 saturated carbocycles. The van der Waals surface area contributed by atoms with Crippen LogP contribution in [0.3, 0.4) is 0 Å². The Bertz CT molecular complexity index is 1040. The van der Waals surface area contributed by atoms with Gasteiger partial charge in [-0.2, -0.15) is 18.3 Å². The molecule has 0 spiro atoms. The molecule has 1 heterocycles. The number of nitrogens with one attached hydrogen (secondary N) is 2. The predicted octanol–water partition coefficient (Wildman–Crippen LogP) is 3.27. The number of urea groups is 1. The summed E-state index contributed by atoms with van der Waals surface area (Å²) in [4.78, 5) is 24.1. The maximum absolute atomic E-state index is 12.5. The first-order valence-electron chi connectivity index (χ1n) is 7.93. The number of halogens is 3. The highest BCUT2D eigenvalue weighted by Gasteiger charge is 2.29. The second kappa shape index (κ2) is 7.10. The van der Waals surface area contributed by atoms with E-state index in [2.05, 4.69) is 15.7 Å². The number of fused-ring (bicyclic) bond motifs is 1. The fourth-order valence-corrected chi connectivity index (χ4v) is 2.59. The zero-order valence-electron chi connectivity index (χ0n) is 14.2. The standard InChI is InChI=1S/C18H15F3N4O2/c1-25-16(26)14-5-3-2-4-13(14)15(24-25)10-22-17(27)23-12-8-6-11(7-9-12)18(19,20)21/h2-9H,10H2,1H3,(H2,22,23,27). The molecule has 3 rings (SSSR count). The van der Waals surface area contributed by atoms with Crippen LogP contribution < -0.4 is 16.2 Å². The monoisotopic (exact) mass is 376 g/mol. The van der Waals surface area contributed by atoms with Crippen LogP contribution in [0.15, 0.2) is 53.3 Å². The summed E-state index contributed by atoms with van der Waals surface area (Å²) in [5.41, 5.74) is -0.327. The summed E-state index contributed by atoms with van der Waals surface area (Å²) < 4.78 is 38.8. The molecular formula is C18H15F3N4O2. The molecule has 9 heteroatoms. The molecule has 0 bridgehead atoms. The zero-order chi connectivity index (χ0) is 19.6. The molecule has 0 unspecified atom stereocenters. The van der Waals surface area contributed by atoms with Gasteiger partial charge < -0.3 is 10.6 Å². The molecule has 2 N–H and O–H groups in total. The number of anilines is 1. The first-order valence-corrected chi connectivity index (χ1v) is 7.93. The van der Waals surface area contributed by atoms with E-state index in [0.717, 1.165) is 12.1 Å². The lowest BCUT2D eigenvalue weighted by Crippen LogP contribution is -2.30. The molecule has 0 fully saturated rings. The number of alkyl halides is 3. The number of carbonyl (C=O) groups excluding carboxylic acids is 1. The van der Waals surface area contributed by atoms with Gasteiger partial charge in [-0.1, -0.05) is 18.2 Å². The Labute approximate surface area is 151 Å². The second-order valence-electron chi connectivity index (χ2n) is 5.80. The first-order chi connectivity index (χ1) is 12.8. The lowest BCUT2D eigenvalue weighted by Gasteiger charge is -2.11. The van der Waals surface area contributed by atoms with Crippen LogP contribution in [-0.2, 0) is 19.8 Å². The summed E-state index contributed by atoms with van der Waals surface area (Å²) >= 11 is 0. The van der Waals surface area contributed by atoms with Gasteiger partial charge in [0.1, 0.15) is 0 Å². The summed E-state index contributed by atoms with van der Waals surface area (Å²) in [5, 5.41) is 10.3. The Hall–Kier alpha value is -3.36. The van der Waals surface area contributed by atoms with Gasteiger partial charge in [-0.15, -0.1) is 0 Å². The van der Waals surface area contributed by atoms with Gasteiger partial charge in [0.25, 0.3) is 5.56 Å². The van der Waals surface area contributed by atoms with E-state index in [1.54, 1.807) is 24.3 Å². The van der Waals surface area contributed by atoms with E-state index in [4.69, 9.17) is 0 Å². The normalized spacial score (nSPS) is 11.4. The van der Waals surface area contributed by atoms with Crippen LogP contribution in [0.25, 0.3) is 10.8 Å². The molecular weight excluding hydrogens is 361 g/mol. The van der Waals surface area contributed by atoms with Gasteiger partial charge in [0, 0.05) is 18.1 Å². The lowest BCUT2D eigenvalue weighted by atomic mass is 10.1. The zero-order valence-corrected chi connectivity index (χ0v) is 14.2. The summed E-state index contributed by atoms with van der Waals surface area (Å²) in [7, 11) is 1.51. The van der Waals surface area contributed by atoms with Crippen LogP contribution >= 0.6 is 0 Å². The smallest absolute Gasteiger partial charge is 0.332 e. The van der Waals surface area contributed by atoms with Crippen LogP contribution in [0.5, 0.6) is 0 Å². The molecule has 27 heavy (non-hydrogen) atoms. The number of benzene rings is 2. The molecule has 0 aliphatic heterocycles. The van der Waals surface area contributed by atoms with Crippen LogP contribution in [-0.4, -0.2) is 15.8 Å². The maximum atomic E-state index is 12.5. The van der Waals surface area contributed by atoms with E-state index in [9.17, 15) is 22.8 Å². The number of rotatable bonds is 3. The molecule has 2 amide bonds. The van der Waals surface area contributed by atoms with Crippen molar-refractivity contribution in [2.45, 2.75) is 12.7 Å². The molecule has 0 atom stereocenters. The number of nitrogens with zero attached hydrogens (tertiary/aromatic N) is 2. The molecule has 6 nitrogen and oxygen atoms in total. The maximum Gasteiger partial charge on any atom is 0.416 e. The number of carbonyl (C=O) groups is 1. The predicted molar refractivity (Wildman–Crippen MR) is 94.3 cm³/mol. The Morgan fingerprint density at radius 1 is 1.07 bits per heavy atom. The third-order valence-electron chi connectivity index (χ3n) is 3.92. The van der Waals surface area contributed by atoms with Crippen LogP contribution in [0.1, 0.15) is 11.3 Å². The van der Waals surface area contributed by atoms with Crippen molar-refractivity contribution in [3.63, 3.8) is 0 Å². The van der Waals surface area contributed by atoms with Gasteiger partial charge in [0.15, 0.2) is 0 Å². The second-order valence-corrected chi connectivity index (χ2v) is 5.80. The highest BCUT2D eigenvalue weighted by atomic mass is 19.4. The molecule has 2 aromatic carbocycles. The van der Waals surface area contributed by atoms with E-state index in [-0.39, 0.29) is 17.8 Å². The molecule has 0 aliphatic rings. The molecule has 0 saturated heterocycles. The van der Waals surface area contributed by atoms with Gasteiger partial charge in [-0.3, -0.25) is 4.79 Å². The van der Waals surface area contributed by atoms with Crippen LogP contribution in [0.2, 0.25) is 0 Å². The quantitative estimate of drug-likeness (QED) is 0.737. The fraction of sp³-hybridized carbons (Fsp3) is 0.167. The lowest BCUT2D eigenvalue weighted by molar-refractivity contribution is -0.137. The van der Waals surface area contributed by atoms with E-state index in [1.807, 2.05) is 0 Å². The van der Waals surface area contributed by atoms with Gasteiger partial charge in [-0.25, -0.2) is 9.48 Å². The number of hydrogen-bond donors (Lipinski definition) is 2. The molecule has 140 valence electrons. The van der Waals surface area contributed by atoms with Crippen molar-refractivity contribution >= 4 is 22.5 Å². The van der Waals surface area contributed by atoms with Crippen molar-refractivity contribution in [3.05, 3.63) is 70.1 Å². The minimum atomic E-state index is -4.43. The number of amides is 2. The number of hydrogen-bond acceptors (Lipinski definition) is 3. The van der Waals surface area contributed by atoms with Gasteiger partial charge in [0.05, 0.1) is 23.2 Å². The Morgan fingerprint density at radius 3 is 2.33 bits per heavy atom. The summed E-state index contributed by atoms with van der Waals surface area (Å²) in [6.45, 7) is 0.0428. The van der Waals surface area contributed by atoms with E-state index >= 15 is 0 Å².